The van der Waals surface area contributed by atoms with Crippen molar-refractivity contribution in [1.82, 2.24) is 0 Å². The number of esters is 1. The molecule has 2 aromatic rings. The van der Waals surface area contributed by atoms with Crippen LogP contribution in [0.4, 0.5) is 10.7 Å². The van der Waals surface area contributed by atoms with Crippen LogP contribution in [-0.4, -0.2) is 18.2 Å². The lowest BCUT2D eigenvalue weighted by Gasteiger charge is -2.12. The number of thiocarbonyl (C=S) groups is 1. The topological polar surface area (TPSA) is 50.4 Å². The minimum Gasteiger partial charge on any atom is -0.465 e. The van der Waals surface area contributed by atoms with E-state index < -0.39 is 0 Å². The molecule has 0 amide bonds. The Balaban J connectivity index is 1.82. The zero-order valence-corrected chi connectivity index (χ0v) is 15.4. The molecule has 0 unspecified atom stereocenters. The normalized spacial score (nSPS) is 13.1. The molecule has 1 aliphatic rings. The van der Waals surface area contributed by atoms with E-state index in [9.17, 15) is 4.79 Å². The number of hydrogen-bond acceptors (Lipinski definition) is 4. The van der Waals surface area contributed by atoms with E-state index >= 15 is 0 Å². The molecular formula is C18H20N2O2S2. The van der Waals surface area contributed by atoms with E-state index in [1.165, 1.54) is 18.4 Å². The third kappa shape index (κ3) is 3.60. The number of aryl methyl sites for hydroxylation is 2. The Bertz CT molecular complexity index is 783. The number of thiophene rings is 1. The van der Waals surface area contributed by atoms with Crippen molar-refractivity contribution < 1.29 is 9.53 Å². The van der Waals surface area contributed by atoms with Gasteiger partial charge in [-0.2, -0.15) is 0 Å². The summed E-state index contributed by atoms with van der Waals surface area (Å²) in [6.07, 6.45) is 4.22. The number of ether oxygens (including phenoxy) is 1. The van der Waals surface area contributed by atoms with Gasteiger partial charge in [0.15, 0.2) is 5.11 Å². The van der Waals surface area contributed by atoms with E-state index in [1.54, 1.807) is 11.3 Å². The molecule has 0 bridgehead atoms. The largest absolute Gasteiger partial charge is 0.465 e. The quantitative estimate of drug-likeness (QED) is 0.622. The number of anilines is 2. The van der Waals surface area contributed by atoms with Crippen molar-refractivity contribution in [3.63, 3.8) is 0 Å². The molecule has 0 saturated carbocycles. The van der Waals surface area contributed by atoms with Crippen molar-refractivity contribution in [2.24, 2.45) is 0 Å². The molecule has 1 aromatic heterocycles. The Morgan fingerprint density at radius 1 is 1.25 bits per heavy atom. The van der Waals surface area contributed by atoms with Gasteiger partial charge in [-0.25, -0.2) is 4.79 Å². The van der Waals surface area contributed by atoms with Crippen LogP contribution in [0.25, 0.3) is 0 Å². The lowest BCUT2D eigenvalue weighted by atomic mass is 9.95. The van der Waals surface area contributed by atoms with E-state index in [0.717, 1.165) is 41.1 Å². The molecule has 6 heteroatoms. The Hall–Kier alpha value is -1.92. The smallest absolute Gasteiger partial charge is 0.341 e. The maximum Gasteiger partial charge on any atom is 0.341 e. The van der Waals surface area contributed by atoms with E-state index in [0.29, 0.717) is 10.7 Å². The molecule has 4 nitrogen and oxygen atoms in total. The first-order valence-corrected chi connectivity index (χ1v) is 9.18. The molecule has 2 N–H and O–H groups in total. The van der Waals surface area contributed by atoms with Gasteiger partial charge in [-0.3, -0.25) is 0 Å². The number of rotatable bonds is 3. The minimum absolute atomic E-state index is 0.296. The molecule has 1 heterocycles. The van der Waals surface area contributed by atoms with Gasteiger partial charge >= 0.3 is 5.97 Å². The van der Waals surface area contributed by atoms with Crippen LogP contribution in [0.15, 0.2) is 24.3 Å². The van der Waals surface area contributed by atoms with Gasteiger partial charge in [-0.1, -0.05) is 12.1 Å². The van der Waals surface area contributed by atoms with Gasteiger partial charge in [-0.15, -0.1) is 11.3 Å². The van der Waals surface area contributed by atoms with E-state index in [4.69, 9.17) is 17.0 Å². The summed E-state index contributed by atoms with van der Waals surface area (Å²) in [5, 5.41) is 7.61. The predicted octanol–water partition coefficient (Wildman–Crippen LogP) is 4.53. The van der Waals surface area contributed by atoms with Crippen molar-refractivity contribution >= 4 is 45.3 Å². The van der Waals surface area contributed by atoms with Crippen LogP contribution in [0.1, 0.15) is 39.2 Å². The second-order valence-corrected chi connectivity index (χ2v) is 7.37. The molecule has 1 aromatic carbocycles. The van der Waals surface area contributed by atoms with Crippen molar-refractivity contribution in [2.75, 3.05) is 17.7 Å². The second-order valence-electron chi connectivity index (χ2n) is 5.86. The first-order valence-electron chi connectivity index (χ1n) is 7.96. The van der Waals surface area contributed by atoms with Gasteiger partial charge in [0.05, 0.1) is 12.7 Å². The van der Waals surface area contributed by atoms with Gasteiger partial charge in [0.2, 0.25) is 0 Å². The number of benzene rings is 1. The number of nitrogens with one attached hydrogen (secondary N) is 2. The van der Waals surface area contributed by atoms with Crippen LogP contribution in [0.5, 0.6) is 0 Å². The van der Waals surface area contributed by atoms with Crippen LogP contribution >= 0.6 is 23.6 Å². The number of carbonyl (C=O) groups excluding carboxylic acids is 1. The standard InChI is InChI=1S/C18H20N2O2S2/c1-11-6-5-7-12(10-11)19-18(23)20-16-15(17(21)22-2)13-8-3-4-9-14(13)24-16/h5-7,10H,3-4,8-9H2,1-2H3,(H2,19,20,23). The predicted molar refractivity (Wildman–Crippen MR) is 103 cm³/mol. The highest BCUT2D eigenvalue weighted by molar-refractivity contribution is 7.80. The van der Waals surface area contributed by atoms with Crippen LogP contribution in [0.3, 0.4) is 0 Å². The Morgan fingerprint density at radius 2 is 2.04 bits per heavy atom. The van der Waals surface area contributed by atoms with Crippen molar-refractivity contribution in [1.29, 1.82) is 0 Å². The van der Waals surface area contributed by atoms with Crippen molar-refractivity contribution in [2.45, 2.75) is 32.6 Å². The fraction of sp³-hybridized carbons (Fsp3) is 0.333. The van der Waals surface area contributed by atoms with Gasteiger partial charge in [0.1, 0.15) is 5.00 Å². The van der Waals surface area contributed by atoms with Gasteiger partial charge < -0.3 is 15.4 Å². The number of fused-ring (bicyclic) bond motifs is 1. The van der Waals surface area contributed by atoms with Gasteiger partial charge in [0.25, 0.3) is 0 Å². The molecule has 0 atom stereocenters. The highest BCUT2D eigenvalue weighted by Crippen LogP contribution is 2.38. The average Bonchev–Trinajstić information content (AvgIpc) is 2.91. The lowest BCUT2D eigenvalue weighted by molar-refractivity contribution is 0.0601. The maximum atomic E-state index is 12.2. The first kappa shape index (κ1) is 16.9. The van der Waals surface area contributed by atoms with Crippen LogP contribution < -0.4 is 10.6 Å². The highest BCUT2D eigenvalue weighted by Gasteiger charge is 2.26. The van der Waals surface area contributed by atoms with Gasteiger partial charge in [-0.05, 0) is 68.1 Å². The van der Waals surface area contributed by atoms with E-state index in [-0.39, 0.29) is 5.97 Å². The Kier molecular flexibility index (Phi) is 5.16. The van der Waals surface area contributed by atoms with Crippen LogP contribution in [-0.2, 0) is 17.6 Å². The number of carbonyl (C=O) groups is 1. The van der Waals surface area contributed by atoms with Gasteiger partial charge in [0, 0.05) is 10.6 Å². The first-order chi connectivity index (χ1) is 11.6. The zero-order valence-electron chi connectivity index (χ0n) is 13.8. The molecular weight excluding hydrogens is 340 g/mol. The van der Waals surface area contributed by atoms with Crippen molar-refractivity contribution in [3.8, 4) is 0 Å². The molecule has 3 rings (SSSR count). The molecule has 1 aliphatic carbocycles. The molecule has 0 radical (unpaired) electrons. The maximum absolute atomic E-state index is 12.2. The lowest BCUT2D eigenvalue weighted by Crippen LogP contribution is -2.20. The fourth-order valence-corrected chi connectivity index (χ4v) is 4.53. The summed E-state index contributed by atoms with van der Waals surface area (Å²) in [4.78, 5) is 13.5. The van der Waals surface area contributed by atoms with Crippen molar-refractivity contribution in [3.05, 3.63) is 45.8 Å². The molecule has 0 fully saturated rings. The summed E-state index contributed by atoms with van der Waals surface area (Å²) in [6, 6.07) is 7.99. The summed E-state index contributed by atoms with van der Waals surface area (Å²) >= 11 is 7.02. The SMILES string of the molecule is COC(=O)c1c(NC(=S)Nc2cccc(C)c2)sc2c1CCCC2. The average molecular weight is 361 g/mol. The minimum atomic E-state index is -0.296. The zero-order chi connectivity index (χ0) is 17.1. The van der Waals surface area contributed by atoms with Crippen LogP contribution in [0, 0.1) is 6.92 Å². The monoisotopic (exact) mass is 360 g/mol. The molecule has 0 aliphatic heterocycles. The Morgan fingerprint density at radius 3 is 2.79 bits per heavy atom. The third-order valence-corrected chi connectivity index (χ3v) is 5.48. The number of hydrogen-bond donors (Lipinski definition) is 2. The summed E-state index contributed by atoms with van der Waals surface area (Å²) in [5.41, 5.74) is 3.85. The summed E-state index contributed by atoms with van der Waals surface area (Å²) < 4.78 is 4.98. The molecule has 0 spiro atoms. The second kappa shape index (κ2) is 7.32. The molecule has 24 heavy (non-hydrogen) atoms. The molecule has 126 valence electrons. The van der Waals surface area contributed by atoms with E-state index in [2.05, 4.69) is 10.6 Å². The number of methoxy groups -OCH3 is 1. The summed E-state index contributed by atoms with van der Waals surface area (Å²) in [7, 11) is 1.42. The Labute approximate surface area is 151 Å². The summed E-state index contributed by atoms with van der Waals surface area (Å²) in [5.74, 6) is -0.296. The summed E-state index contributed by atoms with van der Waals surface area (Å²) in [6.45, 7) is 2.03. The van der Waals surface area contributed by atoms with Crippen LogP contribution in [0.2, 0.25) is 0 Å². The van der Waals surface area contributed by atoms with E-state index in [1.807, 2.05) is 31.2 Å². The fourth-order valence-electron chi connectivity index (χ4n) is 2.96. The highest BCUT2D eigenvalue weighted by atomic mass is 32.1. The third-order valence-electron chi connectivity index (χ3n) is 4.06. The molecule has 0 saturated heterocycles.